The van der Waals surface area contributed by atoms with Crippen molar-refractivity contribution in [3.05, 3.63) is 35.4 Å². The summed E-state index contributed by atoms with van der Waals surface area (Å²) in [6.07, 6.45) is 0. The van der Waals surface area contributed by atoms with Gasteiger partial charge in [0.05, 0.1) is 0 Å². The Morgan fingerprint density at radius 3 is 2.15 bits per heavy atom. The van der Waals surface area contributed by atoms with Gasteiger partial charge in [0.25, 0.3) is 0 Å². The van der Waals surface area contributed by atoms with Gasteiger partial charge in [-0.25, -0.2) is 0 Å². The van der Waals surface area contributed by atoms with Crippen LogP contribution in [-0.2, 0) is 4.57 Å². The van der Waals surface area contributed by atoms with Gasteiger partial charge in [0.2, 0.25) is 0 Å². The zero-order valence-electron chi connectivity index (χ0n) is 7.21. The fourth-order valence-corrected chi connectivity index (χ4v) is 1.52. The molecule has 0 radical (unpaired) electrons. The van der Waals surface area contributed by atoms with E-state index in [0.29, 0.717) is 5.56 Å². The molecule has 1 aromatic rings. The van der Waals surface area contributed by atoms with Crippen molar-refractivity contribution in [3.8, 4) is 0 Å². The maximum atomic E-state index is 10.8. The van der Waals surface area contributed by atoms with Gasteiger partial charge in [-0.2, -0.15) is 0 Å². The van der Waals surface area contributed by atoms with Gasteiger partial charge in [0, 0.05) is 0 Å². The Morgan fingerprint density at radius 2 is 1.77 bits per heavy atom. The van der Waals surface area contributed by atoms with Crippen LogP contribution in [0.25, 0.3) is 0 Å². The van der Waals surface area contributed by atoms with E-state index in [9.17, 15) is 4.57 Å². The molecule has 1 atom stereocenters. The molecule has 0 saturated carbocycles. The Labute approximate surface area is 76.6 Å². The van der Waals surface area contributed by atoms with E-state index in [1.54, 1.807) is 24.3 Å². The van der Waals surface area contributed by atoms with Crippen LogP contribution in [0.5, 0.6) is 0 Å². The molecule has 0 aliphatic carbocycles. The smallest absolute Gasteiger partial charge is 0.323 e. The van der Waals surface area contributed by atoms with Crippen LogP contribution in [0.2, 0.25) is 0 Å². The average Bonchev–Trinajstić information content (AvgIpc) is 2.03. The summed E-state index contributed by atoms with van der Waals surface area (Å²) in [5.41, 5.74) is 6.85. The monoisotopic (exact) mass is 201 g/mol. The molecule has 4 N–H and O–H groups in total. The van der Waals surface area contributed by atoms with E-state index in [2.05, 4.69) is 0 Å². The maximum Gasteiger partial charge on any atom is 0.346 e. The first-order valence-corrected chi connectivity index (χ1v) is 5.47. The van der Waals surface area contributed by atoms with Crippen LogP contribution in [-0.4, -0.2) is 9.79 Å². The third-order valence-corrected chi connectivity index (χ3v) is 2.80. The van der Waals surface area contributed by atoms with E-state index in [1.165, 1.54) is 0 Å². The van der Waals surface area contributed by atoms with Gasteiger partial charge in [0.1, 0.15) is 5.78 Å². The van der Waals surface area contributed by atoms with Gasteiger partial charge >= 0.3 is 7.60 Å². The highest BCUT2D eigenvalue weighted by atomic mass is 31.2. The van der Waals surface area contributed by atoms with E-state index < -0.39 is 13.4 Å². The molecule has 0 unspecified atom stereocenters. The zero-order chi connectivity index (χ0) is 10.1. The van der Waals surface area contributed by atoms with Crippen molar-refractivity contribution < 1.29 is 14.4 Å². The first-order valence-electron chi connectivity index (χ1n) is 3.78. The van der Waals surface area contributed by atoms with Gasteiger partial charge in [0.15, 0.2) is 0 Å². The fourth-order valence-electron chi connectivity index (χ4n) is 0.958. The molecular formula is C8H12NO3P. The highest BCUT2D eigenvalue weighted by Crippen LogP contribution is 2.47. The Morgan fingerprint density at radius 1 is 1.31 bits per heavy atom. The van der Waals surface area contributed by atoms with Crippen molar-refractivity contribution in [3.63, 3.8) is 0 Å². The SMILES string of the molecule is Cc1ccc([C@H](N)P(=O)(O)O)cc1. The first-order chi connectivity index (χ1) is 5.91. The van der Waals surface area contributed by atoms with Crippen molar-refractivity contribution in [2.75, 3.05) is 0 Å². The third-order valence-electron chi connectivity index (χ3n) is 1.78. The van der Waals surface area contributed by atoms with E-state index in [0.717, 1.165) is 5.56 Å². The molecule has 0 aliphatic rings. The first kappa shape index (κ1) is 10.4. The summed E-state index contributed by atoms with van der Waals surface area (Å²) in [7, 11) is -4.22. The van der Waals surface area contributed by atoms with Gasteiger partial charge in [-0.3, -0.25) is 4.57 Å². The van der Waals surface area contributed by atoms with Crippen molar-refractivity contribution in [1.82, 2.24) is 0 Å². The van der Waals surface area contributed by atoms with E-state index >= 15 is 0 Å². The Hall–Kier alpha value is -0.670. The number of nitrogens with two attached hydrogens (primary N) is 1. The molecule has 0 saturated heterocycles. The molecule has 72 valence electrons. The Bertz CT molecular complexity index is 330. The Kier molecular flexibility index (Phi) is 2.88. The molecule has 0 amide bonds. The van der Waals surface area contributed by atoms with Crippen LogP contribution in [0, 0.1) is 6.92 Å². The second-order valence-electron chi connectivity index (χ2n) is 2.94. The molecule has 1 aromatic carbocycles. The molecule has 13 heavy (non-hydrogen) atoms. The lowest BCUT2D eigenvalue weighted by molar-refractivity contribution is 0.359. The predicted molar refractivity (Wildman–Crippen MR) is 50.2 cm³/mol. The lowest BCUT2D eigenvalue weighted by Crippen LogP contribution is -2.10. The fraction of sp³-hybridized carbons (Fsp3) is 0.250. The largest absolute Gasteiger partial charge is 0.346 e. The van der Waals surface area contributed by atoms with Crippen LogP contribution in [0.1, 0.15) is 16.9 Å². The number of hydrogen-bond acceptors (Lipinski definition) is 2. The van der Waals surface area contributed by atoms with Crippen molar-refractivity contribution in [2.45, 2.75) is 12.7 Å². The topological polar surface area (TPSA) is 83.6 Å². The minimum absolute atomic E-state index is 0.457. The molecule has 0 aromatic heterocycles. The summed E-state index contributed by atoms with van der Waals surface area (Å²) < 4.78 is 10.8. The number of hydrogen-bond donors (Lipinski definition) is 3. The van der Waals surface area contributed by atoms with E-state index in [-0.39, 0.29) is 0 Å². The quantitative estimate of drug-likeness (QED) is 0.626. The van der Waals surface area contributed by atoms with Crippen LogP contribution >= 0.6 is 7.60 Å². The second-order valence-corrected chi connectivity index (χ2v) is 4.68. The van der Waals surface area contributed by atoms with Crippen molar-refractivity contribution >= 4 is 7.60 Å². The molecule has 0 heterocycles. The number of aryl methyl sites for hydroxylation is 1. The van der Waals surface area contributed by atoms with Gasteiger partial charge in [-0.05, 0) is 12.5 Å². The van der Waals surface area contributed by atoms with Crippen LogP contribution in [0.3, 0.4) is 0 Å². The zero-order valence-corrected chi connectivity index (χ0v) is 8.11. The summed E-state index contributed by atoms with van der Waals surface area (Å²) in [6, 6.07) is 6.79. The highest BCUT2D eigenvalue weighted by molar-refractivity contribution is 7.52. The number of benzene rings is 1. The molecular weight excluding hydrogens is 189 g/mol. The lowest BCUT2D eigenvalue weighted by atomic mass is 10.1. The highest BCUT2D eigenvalue weighted by Gasteiger charge is 2.25. The summed E-state index contributed by atoms with van der Waals surface area (Å²) in [5.74, 6) is -1.21. The second kappa shape index (κ2) is 3.60. The molecule has 0 spiro atoms. The Balaban J connectivity index is 2.97. The van der Waals surface area contributed by atoms with Gasteiger partial charge in [-0.15, -0.1) is 0 Å². The molecule has 4 nitrogen and oxygen atoms in total. The van der Waals surface area contributed by atoms with E-state index in [1.807, 2.05) is 6.92 Å². The standard InChI is InChI=1S/C8H12NO3P/c1-6-2-4-7(5-3-6)8(9)13(10,11)12/h2-5,8H,9H2,1H3,(H2,10,11,12)/t8-/m1/s1. The number of rotatable bonds is 2. The molecule has 5 heteroatoms. The summed E-state index contributed by atoms with van der Waals surface area (Å²) >= 11 is 0. The van der Waals surface area contributed by atoms with Gasteiger partial charge in [-0.1, -0.05) is 29.8 Å². The molecule has 1 rings (SSSR count). The van der Waals surface area contributed by atoms with Crippen molar-refractivity contribution in [1.29, 1.82) is 0 Å². The van der Waals surface area contributed by atoms with Crippen LogP contribution in [0.4, 0.5) is 0 Å². The van der Waals surface area contributed by atoms with Crippen LogP contribution in [0.15, 0.2) is 24.3 Å². The molecule has 0 fully saturated rings. The third kappa shape index (κ3) is 2.64. The van der Waals surface area contributed by atoms with Gasteiger partial charge < -0.3 is 15.5 Å². The summed E-state index contributed by atoms with van der Waals surface area (Å²) in [5, 5.41) is 0. The van der Waals surface area contributed by atoms with Crippen LogP contribution < -0.4 is 5.73 Å². The lowest BCUT2D eigenvalue weighted by Gasteiger charge is -2.13. The maximum absolute atomic E-state index is 10.8. The predicted octanol–water partition coefficient (Wildman–Crippen LogP) is 1.13. The van der Waals surface area contributed by atoms with E-state index in [4.69, 9.17) is 15.5 Å². The summed E-state index contributed by atoms with van der Waals surface area (Å²) in [4.78, 5) is 17.6. The molecule has 0 bridgehead atoms. The average molecular weight is 201 g/mol. The minimum atomic E-state index is -4.22. The van der Waals surface area contributed by atoms with Crippen molar-refractivity contribution in [2.24, 2.45) is 5.73 Å². The molecule has 0 aliphatic heterocycles. The minimum Gasteiger partial charge on any atom is -0.323 e. The normalized spacial score (nSPS) is 14.2. The summed E-state index contributed by atoms with van der Waals surface area (Å²) in [6.45, 7) is 1.90.